The van der Waals surface area contributed by atoms with E-state index >= 15 is 0 Å². The minimum absolute atomic E-state index is 0.0146. The minimum atomic E-state index is -0.166. The third-order valence-corrected chi connectivity index (χ3v) is 5.40. The Morgan fingerprint density at radius 2 is 1.96 bits per heavy atom. The zero-order valence-electron chi connectivity index (χ0n) is 14.8. The number of aromatic nitrogens is 1. The first-order chi connectivity index (χ1) is 12.2. The van der Waals surface area contributed by atoms with Gasteiger partial charge in [-0.3, -0.25) is 9.78 Å². The van der Waals surface area contributed by atoms with Crippen LogP contribution in [0.2, 0.25) is 0 Å². The quantitative estimate of drug-likeness (QED) is 0.855. The molecule has 1 aliphatic carbocycles. The standard InChI is InChI=1S/C19H27N3O3/c1-25-18(23)15-6-7-16(13-15)21-19(24)22-12-4-2-3-5-17(22)14-8-10-20-11-9-14/h8-11,15-17H,2-7,12-13H2,1H3,(H,21,24)/t15-,16+,17-/m0/s1. The fraction of sp³-hybridized carbons (Fsp3) is 0.632. The van der Waals surface area contributed by atoms with Gasteiger partial charge < -0.3 is 15.0 Å². The number of nitrogens with one attached hydrogen (secondary N) is 1. The molecular weight excluding hydrogens is 318 g/mol. The van der Waals surface area contributed by atoms with Gasteiger partial charge in [-0.2, -0.15) is 0 Å². The molecule has 3 atom stereocenters. The largest absolute Gasteiger partial charge is 0.469 e. The van der Waals surface area contributed by atoms with Crippen LogP contribution in [0.15, 0.2) is 24.5 Å². The number of nitrogens with zero attached hydrogens (tertiary/aromatic N) is 2. The lowest BCUT2D eigenvalue weighted by Crippen LogP contribution is -2.45. The molecule has 6 nitrogen and oxygen atoms in total. The maximum Gasteiger partial charge on any atom is 0.318 e. The van der Waals surface area contributed by atoms with E-state index in [-0.39, 0.29) is 30.0 Å². The Balaban J connectivity index is 1.65. The van der Waals surface area contributed by atoms with E-state index in [9.17, 15) is 9.59 Å². The Kier molecular flexibility index (Phi) is 5.89. The molecule has 2 heterocycles. The van der Waals surface area contributed by atoms with Crippen molar-refractivity contribution in [2.75, 3.05) is 13.7 Å². The zero-order chi connectivity index (χ0) is 17.6. The van der Waals surface area contributed by atoms with E-state index in [2.05, 4.69) is 10.3 Å². The molecule has 0 unspecified atom stereocenters. The number of pyridine rings is 1. The predicted molar refractivity (Wildman–Crippen MR) is 93.8 cm³/mol. The second-order valence-electron chi connectivity index (χ2n) is 7.02. The van der Waals surface area contributed by atoms with E-state index in [0.717, 1.165) is 50.6 Å². The summed E-state index contributed by atoms with van der Waals surface area (Å²) in [6.07, 6.45) is 10.2. The molecule has 1 saturated heterocycles. The van der Waals surface area contributed by atoms with E-state index in [4.69, 9.17) is 4.74 Å². The van der Waals surface area contributed by atoms with Crippen molar-refractivity contribution in [2.24, 2.45) is 5.92 Å². The van der Waals surface area contributed by atoms with Crippen LogP contribution in [0, 0.1) is 5.92 Å². The molecule has 2 amide bonds. The van der Waals surface area contributed by atoms with Gasteiger partial charge in [-0.15, -0.1) is 0 Å². The molecule has 1 saturated carbocycles. The van der Waals surface area contributed by atoms with Gasteiger partial charge >= 0.3 is 12.0 Å². The highest BCUT2D eigenvalue weighted by atomic mass is 16.5. The lowest BCUT2D eigenvalue weighted by atomic mass is 10.0. The molecule has 136 valence electrons. The first-order valence-electron chi connectivity index (χ1n) is 9.24. The molecule has 1 aromatic rings. The number of urea groups is 1. The van der Waals surface area contributed by atoms with E-state index in [1.807, 2.05) is 17.0 Å². The maximum atomic E-state index is 12.9. The lowest BCUT2D eigenvalue weighted by molar-refractivity contribution is -0.145. The van der Waals surface area contributed by atoms with Crippen LogP contribution in [0.1, 0.15) is 56.6 Å². The van der Waals surface area contributed by atoms with Gasteiger partial charge in [0, 0.05) is 25.0 Å². The second kappa shape index (κ2) is 8.32. The topological polar surface area (TPSA) is 71.5 Å². The number of methoxy groups -OCH3 is 1. The van der Waals surface area contributed by atoms with Crippen molar-refractivity contribution in [3.8, 4) is 0 Å². The summed E-state index contributed by atoms with van der Waals surface area (Å²) in [5, 5.41) is 3.15. The molecule has 1 aromatic heterocycles. The number of esters is 1. The van der Waals surface area contributed by atoms with Gasteiger partial charge in [0.05, 0.1) is 19.1 Å². The van der Waals surface area contributed by atoms with Crippen LogP contribution < -0.4 is 5.32 Å². The smallest absolute Gasteiger partial charge is 0.318 e. The van der Waals surface area contributed by atoms with Gasteiger partial charge in [-0.25, -0.2) is 4.79 Å². The van der Waals surface area contributed by atoms with Gasteiger partial charge in [0.1, 0.15) is 0 Å². The number of ether oxygens (including phenoxy) is 1. The molecule has 1 aliphatic heterocycles. The van der Waals surface area contributed by atoms with Crippen LogP contribution >= 0.6 is 0 Å². The molecule has 6 heteroatoms. The molecular formula is C19H27N3O3. The van der Waals surface area contributed by atoms with Crippen LogP contribution in [-0.2, 0) is 9.53 Å². The highest BCUT2D eigenvalue weighted by Gasteiger charge is 2.34. The SMILES string of the molecule is COC(=O)[C@H]1CC[C@@H](NC(=O)N2CCCCC[C@H]2c2ccncc2)C1. The van der Waals surface area contributed by atoms with Crippen molar-refractivity contribution in [3.63, 3.8) is 0 Å². The van der Waals surface area contributed by atoms with Crippen molar-refractivity contribution in [3.05, 3.63) is 30.1 Å². The van der Waals surface area contributed by atoms with Gasteiger partial charge in [0.15, 0.2) is 0 Å². The number of hydrogen-bond acceptors (Lipinski definition) is 4. The Labute approximate surface area is 148 Å². The monoisotopic (exact) mass is 345 g/mol. The first-order valence-corrected chi connectivity index (χ1v) is 9.24. The predicted octanol–water partition coefficient (Wildman–Crippen LogP) is 3.05. The van der Waals surface area contributed by atoms with Gasteiger partial charge in [-0.1, -0.05) is 12.8 Å². The third kappa shape index (κ3) is 4.30. The van der Waals surface area contributed by atoms with Crippen molar-refractivity contribution >= 4 is 12.0 Å². The Hall–Kier alpha value is -2.11. The molecule has 2 aliphatic rings. The summed E-state index contributed by atoms with van der Waals surface area (Å²) >= 11 is 0. The highest BCUT2D eigenvalue weighted by Crippen LogP contribution is 2.31. The van der Waals surface area contributed by atoms with Gasteiger partial charge in [0.2, 0.25) is 0 Å². The Bertz CT molecular complexity index is 593. The number of carbonyl (C=O) groups is 2. The molecule has 0 aromatic carbocycles. The van der Waals surface area contributed by atoms with Crippen LogP contribution in [0.4, 0.5) is 4.79 Å². The summed E-state index contributed by atoms with van der Waals surface area (Å²) in [7, 11) is 1.42. The number of hydrogen-bond donors (Lipinski definition) is 1. The number of rotatable bonds is 3. The van der Waals surface area contributed by atoms with E-state index in [1.165, 1.54) is 7.11 Å². The summed E-state index contributed by atoms with van der Waals surface area (Å²) in [5.41, 5.74) is 1.14. The van der Waals surface area contributed by atoms with Crippen LogP contribution in [0.5, 0.6) is 0 Å². The van der Waals surface area contributed by atoms with Crippen molar-refractivity contribution in [1.82, 2.24) is 15.2 Å². The minimum Gasteiger partial charge on any atom is -0.469 e. The second-order valence-corrected chi connectivity index (χ2v) is 7.02. The van der Waals surface area contributed by atoms with Crippen LogP contribution in [0.25, 0.3) is 0 Å². The highest BCUT2D eigenvalue weighted by molar-refractivity contribution is 5.76. The summed E-state index contributed by atoms with van der Waals surface area (Å²) in [4.78, 5) is 30.7. The normalized spacial score (nSPS) is 26.8. The average molecular weight is 345 g/mol. The van der Waals surface area contributed by atoms with Gasteiger partial charge in [-0.05, 0) is 49.8 Å². The third-order valence-electron chi connectivity index (χ3n) is 5.40. The number of carbonyl (C=O) groups excluding carboxylic acids is 2. The molecule has 25 heavy (non-hydrogen) atoms. The molecule has 1 N–H and O–H groups in total. The molecule has 0 spiro atoms. The van der Waals surface area contributed by atoms with E-state index < -0.39 is 0 Å². The fourth-order valence-electron chi connectivity index (χ4n) is 4.03. The number of amides is 2. The van der Waals surface area contributed by atoms with Crippen LogP contribution in [0.3, 0.4) is 0 Å². The zero-order valence-corrected chi connectivity index (χ0v) is 14.8. The summed E-state index contributed by atoms with van der Waals surface area (Å²) in [6.45, 7) is 0.770. The van der Waals surface area contributed by atoms with Crippen molar-refractivity contribution in [2.45, 2.75) is 57.0 Å². The molecule has 0 bridgehead atoms. The van der Waals surface area contributed by atoms with Gasteiger partial charge in [0.25, 0.3) is 0 Å². The van der Waals surface area contributed by atoms with E-state index in [1.54, 1.807) is 12.4 Å². The first kappa shape index (κ1) is 17.7. The fourth-order valence-corrected chi connectivity index (χ4v) is 4.03. The molecule has 0 radical (unpaired) electrons. The van der Waals surface area contributed by atoms with Crippen LogP contribution in [-0.4, -0.2) is 41.6 Å². The average Bonchev–Trinajstić information content (AvgIpc) is 2.96. The summed E-state index contributed by atoms with van der Waals surface area (Å²) < 4.78 is 4.83. The van der Waals surface area contributed by atoms with Crippen molar-refractivity contribution in [1.29, 1.82) is 0 Å². The maximum absolute atomic E-state index is 12.9. The summed E-state index contributed by atoms with van der Waals surface area (Å²) in [6, 6.07) is 4.14. The summed E-state index contributed by atoms with van der Waals surface area (Å²) in [5.74, 6) is -0.253. The Morgan fingerprint density at radius 3 is 2.72 bits per heavy atom. The molecule has 2 fully saturated rings. The van der Waals surface area contributed by atoms with E-state index in [0.29, 0.717) is 6.42 Å². The number of likely N-dealkylation sites (tertiary alicyclic amines) is 1. The van der Waals surface area contributed by atoms with Crippen molar-refractivity contribution < 1.29 is 14.3 Å². The lowest BCUT2D eigenvalue weighted by Gasteiger charge is -2.31. The molecule has 3 rings (SSSR count). The Morgan fingerprint density at radius 1 is 1.16 bits per heavy atom.